The summed E-state index contributed by atoms with van der Waals surface area (Å²) in [6.45, 7) is 3.69. The summed E-state index contributed by atoms with van der Waals surface area (Å²) in [6.07, 6.45) is 2.81. The van der Waals surface area contributed by atoms with Gasteiger partial charge in [0.25, 0.3) is 11.8 Å². The number of pyridine rings is 1. The monoisotopic (exact) mass is 382 g/mol. The Hall–Kier alpha value is -3.29. The quantitative estimate of drug-likeness (QED) is 0.753. The van der Waals surface area contributed by atoms with Crippen molar-refractivity contribution < 1.29 is 18.8 Å². The van der Waals surface area contributed by atoms with Gasteiger partial charge in [-0.3, -0.25) is 24.3 Å². The lowest BCUT2D eigenvalue weighted by atomic mass is 10.2. The number of piperazine rings is 1. The smallest absolute Gasteiger partial charge is 0.263 e. The van der Waals surface area contributed by atoms with E-state index in [1.165, 1.54) is 30.6 Å². The minimum Gasteiger partial charge on any atom is -0.368 e. The van der Waals surface area contributed by atoms with Crippen LogP contribution in [0.3, 0.4) is 0 Å². The van der Waals surface area contributed by atoms with Crippen molar-refractivity contribution in [2.45, 2.75) is 13.0 Å². The van der Waals surface area contributed by atoms with Gasteiger partial charge in [-0.1, -0.05) is 0 Å². The van der Waals surface area contributed by atoms with Crippen molar-refractivity contribution in [2.24, 2.45) is 0 Å². The standard InChI is InChI=1S/C20H19FN4O3/c1-13(25-19(27)16-6-7-22-12-17(16)20(25)28)18(26)24-10-8-23(9-11-24)15-4-2-14(21)3-5-15/h2-7,12-13H,8-11H2,1H3/t13-/m0/s1. The van der Waals surface area contributed by atoms with E-state index >= 15 is 0 Å². The number of imide groups is 1. The van der Waals surface area contributed by atoms with Gasteiger partial charge in [-0.2, -0.15) is 0 Å². The summed E-state index contributed by atoms with van der Waals surface area (Å²) in [4.78, 5) is 46.7. The summed E-state index contributed by atoms with van der Waals surface area (Å²) in [5, 5.41) is 0. The molecular formula is C20H19FN4O3. The van der Waals surface area contributed by atoms with Crippen LogP contribution in [-0.2, 0) is 4.79 Å². The number of carbonyl (C=O) groups is 3. The fraction of sp³-hybridized carbons (Fsp3) is 0.300. The number of carbonyl (C=O) groups excluding carboxylic acids is 3. The molecule has 2 aliphatic heterocycles. The first kappa shape index (κ1) is 18.1. The Labute approximate surface area is 161 Å². The Balaban J connectivity index is 1.42. The average Bonchev–Trinajstić information content (AvgIpc) is 2.98. The second-order valence-electron chi connectivity index (χ2n) is 6.87. The highest BCUT2D eigenvalue weighted by molar-refractivity contribution is 6.22. The van der Waals surface area contributed by atoms with E-state index < -0.39 is 17.9 Å². The lowest BCUT2D eigenvalue weighted by Gasteiger charge is -2.38. The third-order valence-corrected chi connectivity index (χ3v) is 5.25. The zero-order chi connectivity index (χ0) is 19.8. The SMILES string of the molecule is C[C@@H](C(=O)N1CCN(c2ccc(F)cc2)CC1)N1C(=O)c2ccncc2C1=O. The predicted octanol–water partition coefficient (Wildman–Crippen LogP) is 1.55. The second-order valence-corrected chi connectivity index (χ2v) is 6.87. The number of amides is 3. The van der Waals surface area contributed by atoms with Crippen molar-refractivity contribution in [1.82, 2.24) is 14.8 Å². The van der Waals surface area contributed by atoms with Crippen LogP contribution in [0.4, 0.5) is 10.1 Å². The normalized spacial score (nSPS) is 17.7. The van der Waals surface area contributed by atoms with E-state index in [0.717, 1.165) is 10.6 Å². The van der Waals surface area contributed by atoms with Gasteiger partial charge in [-0.15, -0.1) is 0 Å². The van der Waals surface area contributed by atoms with Gasteiger partial charge in [0.05, 0.1) is 11.1 Å². The van der Waals surface area contributed by atoms with Crippen LogP contribution < -0.4 is 4.90 Å². The van der Waals surface area contributed by atoms with Gasteiger partial charge in [-0.25, -0.2) is 4.39 Å². The highest BCUT2D eigenvalue weighted by Gasteiger charge is 2.42. The highest BCUT2D eigenvalue weighted by atomic mass is 19.1. The van der Waals surface area contributed by atoms with Crippen molar-refractivity contribution in [3.8, 4) is 0 Å². The first-order valence-electron chi connectivity index (χ1n) is 9.08. The summed E-state index contributed by atoms with van der Waals surface area (Å²) >= 11 is 0. The van der Waals surface area contributed by atoms with E-state index in [4.69, 9.17) is 0 Å². The predicted molar refractivity (Wildman–Crippen MR) is 99.4 cm³/mol. The second kappa shape index (κ2) is 7.03. The minimum absolute atomic E-state index is 0.230. The molecular weight excluding hydrogens is 363 g/mol. The molecule has 2 aliphatic rings. The largest absolute Gasteiger partial charge is 0.368 e. The molecule has 1 atom stereocenters. The fourth-order valence-corrected chi connectivity index (χ4v) is 3.67. The molecule has 7 nitrogen and oxygen atoms in total. The molecule has 2 aromatic rings. The van der Waals surface area contributed by atoms with E-state index in [1.807, 2.05) is 0 Å². The molecule has 3 heterocycles. The molecule has 0 radical (unpaired) electrons. The molecule has 0 spiro atoms. The first-order chi connectivity index (χ1) is 13.5. The number of hydrogen-bond acceptors (Lipinski definition) is 5. The van der Waals surface area contributed by atoms with Crippen molar-refractivity contribution in [3.05, 3.63) is 59.7 Å². The lowest BCUT2D eigenvalue weighted by Crippen LogP contribution is -2.55. The zero-order valence-electron chi connectivity index (χ0n) is 15.3. The molecule has 0 bridgehead atoms. The molecule has 0 N–H and O–H groups in total. The summed E-state index contributed by atoms with van der Waals surface area (Å²) in [6, 6.07) is 6.85. The van der Waals surface area contributed by atoms with Gasteiger partial charge >= 0.3 is 0 Å². The summed E-state index contributed by atoms with van der Waals surface area (Å²) in [5.41, 5.74) is 1.41. The van der Waals surface area contributed by atoms with E-state index in [9.17, 15) is 18.8 Å². The van der Waals surface area contributed by atoms with Gasteiger partial charge in [0.1, 0.15) is 11.9 Å². The van der Waals surface area contributed by atoms with E-state index in [2.05, 4.69) is 9.88 Å². The summed E-state index contributed by atoms with van der Waals surface area (Å²) in [5.74, 6) is -1.50. The molecule has 1 fully saturated rings. The van der Waals surface area contributed by atoms with Crippen molar-refractivity contribution in [1.29, 1.82) is 0 Å². The topological polar surface area (TPSA) is 73.8 Å². The molecule has 144 valence electrons. The maximum atomic E-state index is 13.1. The summed E-state index contributed by atoms with van der Waals surface area (Å²) < 4.78 is 13.1. The molecule has 0 aliphatic carbocycles. The number of fused-ring (bicyclic) bond motifs is 1. The van der Waals surface area contributed by atoms with Crippen LogP contribution in [0, 0.1) is 5.82 Å². The number of halogens is 1. The minimum atomic E-state index is -0.884. The van der Waals surface area contributed by atoms with Crippen LogP contribution in [0.5, 0.6) is 0 Å². The molecule has 8 heteroatoms. The van der Waals surface area contributed by atoms with Gasteiger partial charge < -0.3 is 9.80 Å². The number of aromatic nitrogens is 1. The fourth-order valence-electron chi connectivity index (χ4n) is 3.67. The maximum absolute atomic E-state index is 13.1. The van der Waals surface area contributed by atoms with E-state index in [1.54, 1.807) is 24.0 Å². The molecule has 0 unspecified atom stereocenters. The maximum Gasteiger partial charge on any atom is 0.263 e. The van der Waals surface area contributed by atoms with Gasteiger partial charge in [0, 0.05) is 44.3 Å². The third-order valence-electron chi connectivity index (χ3n) is 5.25. The van der Waals surface area contributed by atoms with Crippen LogP contribution >= 0.6 is 0 Å². The van der Waals surface area contributed by atoms with Crippen molar-refractivity contribution in [3.63, 3.8) is 0 Å². The molecule has 28 heavy (non-hydrogen) atoms. The first-order valence-corrected chi connectivity index (χ1v) is 9.08. The van der Waals surface area contributed by atoms with Crippen LogP contribution in [0.2, 0.25) is 0 Å². The van der Waals surface area contributed by atoms with E-state index in [0.29, 0.717) is 26.2 Å². The van der Waals surface area contributed by atoms with Gasteiger partial charge in [0.2, 0.25) is 5.91 Å². The molecule has 1 saturated heterocycles. The highest BCUT2D eigenvalue weighted by Crippen LogP contribution is 2.25. The zero-order valence-corrected chi connectivity index (χ0v) is 15.3. The van der Waals surface area contributed by atoms with Crippen LogP contribution in [0.25, 0.3) is 0 Å². The number of anilines is 1. The van der Waals surface area contributed by atoms with Crippen molar-refractivity contribution in [2.75, 3.05) is 31.1 Å². The number of nitrogens with zero attached hydrogens (tertiary/aromatic N) is 4. The van der Waals surface area contributed by atoms with Crippen molar-refractivity contribution >= 4 is 23.4 Å². The molecule has 1 aromatic carbocycles. The third kappa shape index (κ3) is 3.00. The van der Waals surface area contributed by atoms with Crippen LogP contribution in [-0.4, -0.2) is 64.7 Å². The Bertz CT molecular complexity index is 904. The number of hydrogen-bond donors (Lipinski definition) is 0. The molecule has 4 rings (SSSR count). The summed E-state index contributed by atoms with van der Waals surface area (Å²) in [7, 11) is 0. The number of rotatable bonds is 3. The van der Waals surface area contributed by atoms with E-state index in [-0.39, 0.29) is 22.9 Å². The lowest BCUT2D eigenvalue weighted by molar-refractivity contribution is -0.135. The van der Waals surface area contributed by atoms with Gasteiger partial charge in [0.15, 0.2) is 0 Å². The Kier molecular flexibility index (Phi) is 4.54. The Morgan fingerprint density at radius 2 is 1.64 bits per heavy atom. The van der Waals surface area contributed by atoms with Gasteiger partial charge in [-0.05, 0) is 37.3 Å². The Morgan fingerprint density at radius 3 is 2.29 bits per heavy atom. The molecule has 1 aromatic heterocycles. The average molecular weight is 382 g/mol. The Morgan fingerprint density at radius 1 is 1.00 bits per heavy atom. The van der Waals surface area contributed by atoms with Crippen LogP contribution in [0.15, 0.2) is 42.7 Å². The number of benzene rings is 1. The molecule has 3 amide bonds. The molecule has 0 saturated carbocycles. The van der Waals surface area contributed by atoms with Crippen LogP contribution in [0.1, 0.15) is 27.6 Å².